The Kier molecular flexibility index (Phi) is 11.4. The van der Waals surface area contributed by atoms with Gasteiger partial charge in [-0.05, 0) is 49.8 Å². The number of halogens is 1. The minimum atomic E-state index is 0. The Morgan fingerprint density at radius 2 is 2.03 bits per heavy atom. The number of piperidine rings is 1. The molecule has 2 aliphatic rings. The third-order valence-electron chi connectivity index (χ3n) is 5.64. The molecule has 2 aliphatic heterocycles. The molecule has 1 amide bonds. The van der Waals surface area contributed by atoms with E-state index in [2.05, 4.69) is 52.9 Å². The molecule has 0 unspecified atom stereocenters. The Labute approximate surface area is 203 Å². The number of fused-ring (bicyclic) bond motifs is 1. The van der Waals surface area contributed by atoms with Crippen LogP contribution in [0.2, 0.25) is 0 Å². The van der Waals surface area contributed by atoms with E-state index in [0.29, 0.717) is 12.6 Å². The summed E-state index contributed by atoms with van der Waals surface area (Å²) >= 11 is 0. The van der Waals surface area contributed by atoms with Gasteiger partial charge in [0.1, 0.15) is 5.75 Å². The fourth-order valence-corrected chi connectivity index (χ4v) is 3.96. The predicted molar refractivity (Wildman–Crippen MR) is 137 cm³/mol. The van der Waals surface area contributed by atoms with Crippen molar-refractivity contribution >= 4 is 35.8 Å². The number of amides is 1. The van der Waals surface area contributed by atoms with Crippen molar-refractivity contribution in [2.24, 2.45) is 4.99 Å². The smallest absolute Gasteiger partial charge is 0.234 e. The lowest BCUT2D eigenvalue weighted by atomic mass is 10.1. The zero-order chi connectivity index (χ0) is 21.2. The SMILES string of the molecule is CCCNC(=O)CN1CCC(NC(=NCCc2ccc3c(c2)CCO3)NCC)CC1.I. The van der Waals surface area contributed by atoms with Crippen LogP contribution in [0, 0.1) is 0 Å². The third-order valence-corrected chi connectivity index (χ3v) is 5.64. The maximum absolute atomic E-state index is 11.9. The van der Waals surface area contributed by atoms with Gasteiger partial charge in [0, 0.05) is 45.2 Å². The van der Waals surface area contributed by atoms with Crippen molar-refractivity contribution in [3.8, 4) is 5.75 Å². The zero-order valence-corrected chi connectivity index (χ0v) is 21.2. The van der Waals surface area contributed by atoms with Crippen LogP contribution < -0.4 is 20.7 Å². The molecule has 3 rings (SSSR count). The highest BCUT2D eigenvalue weighted by atomic mass is 127. The summed E-state index contributed by atoms with van der Waals surface area (Å²) in [6, 6.07) is 6.88. The van der Waals surface area contributed by atoms with E-state index in [1.54, 1.807) is 0 Å². The summed E-state index contributed by atoms with van der Waals surface area (Å²) in [6.45, 7) is 9.71. The average molecular weight is 543 g/mol. The Hall–Kier alpha value is -1.55. The number of carbonyl (C=O) groups is 1. The van der Waals surface area contributed by atoms with Crippen LogP contribution in [0.3, 0.4) is 0 Å². The maximum Gasteiger partial charge on any atom is 0.234 e. The zero-order valence-electron chi connectivity index (χ0n) is 18.9. The standard InChI is InChI=1S/C23H37N5O2.HI/c1-3-11-25-22(29)17-28-13-8-20(9-14-28)27-23(24-4-2)26-12-7-18-5-6-21-19(16-18)10-15-30-21;/h5-6,16,20H,3-4,7-15,17H2,1-2H3,(H,25,29)(H2,24,26,27);1H. The van der Waals surface area contributed by atoms with Crippen molar-refractivity contribution in [2.75, 3.05) is 45.9 Å². The first-order valence-corrected chi connectivity index (χ1v) is 11.5. The van der Waals surface area contributed by atoms with Crippen LogP contribution in [0.4, 0.5) is 0 Å². The van der Waals surface area contributed by atoms with Gasteiger partial charge in [0.05, 0.1) is 13.2 Å². The first-order chi connectivity index (χ1) is 14.7. The lowest BCUT2D eigenvalue weighted by Crippen LogP contribution is -2.50. The summed E-state index contributed by atoms with van der Waals surface area (Å²) in [6.07, 6.45) is 4.96. The number of carbonyl (C=O) groups excluding carboxylic acids is 1. The van der Waals surface area contributed by atoms with Gasteiger partial charge in [-0.3, -0.25) is 14.7 Å². The summed E-state index contributed by atoms with van der Waals surface area (Å²) in [5.74, 6) is 2.06. The largest absolute Gasteiger partial charge is 0.493 e. The van der Waals surface area contributed by atoms with E-state index in [1.807, 2.05) is 0 Å². The Balaban J connectivity index is 0.00000341. The normalized spacial score (nSPS) is 16.8. The Morgan fingerprint density at radius 1 is 1.23 bits per heavy atom. The third kappa shape index (κ3) is 8.48. The molecule has 174 valence electrons. The van der Waals surface area contributed by atoms with E-state index in [9.17, 15) is 4.79 Å². The molecule has 1 aromatic carbocycles. The number of hydrogen-bond donors (Lipinski definition) is 3. The fraction of sp³-hybridized carbons (Fsp3) is 0.652. The summed E-state index contributed by atoms with van der Waals surface area (Å²) in [5.41, 5.74) is 2.63. The Morgan fingerprint density at radius 3 is 2.77 bits per heavy atom. The molecule has 0 aliphatic carbocycles. The minimum absolute atomic E-state index is 0. The van der Waals surface area contributed by atoms with Crippen molar-refractivity contribution in [2.45, 2.75) is 52.0 Å². The highest BCUT2D eigenvalue weighted by Gasteiger charge is 2.21. The van der Waals surface area contributed by atoms with Gasteiger partial charge < -0.3 is 20.7 Å². The van der Waals surface area contributed by atoms with Crippen molar-refractivity contribution in [1.29, 1.82) is 0 Å². The number of likely N-dealkylation sites (tertiary alicyclic amines) is 1. The van der Waals surface area contributed by atoms with Gasteiger partial charge in [-0.1, -0.05) is 19.1 Å². The summed E-state index contributed by atoms with van der Waals surface area (Å²) in [7, 11) is 0. The van der Waals surface area contributed by atoms with Crippen molar-refractivity contribution in [1.82, 2.24) is 20.9 Å². The predicted octanol–water partition coefficient (Wildman–Crippen LogP) is 2.33. The second-order valence-electron chi connectivity index (χ2n) is 8.10. The van der Waals surface area contributed by atoms with E-state index in [-0.39, 0.29) is 29.9 Å². The van der Waals surface area contributed by atoms with Gasteiger partial charge in [0.15, 0.2) is 5.96 Å². The molecule has 1 fully saturated rings. The number of guanidine groups is 1. The van der Waals surface area contributed by atoms with Gasteiger partial charge >= 0.3 is 0 Å². The van der Waals surface area contributed by atoms with Crippen LogP contribution >= 0.6 is 24.0 Å². The van der Waals surface area contributed by atoms with Gasteiger partial charge in [-0.25, -0.2) is 0 Å². The van der Waals surface area contributed by atoms with Crippen molar-refractivity contribution < 1.29 is 9.53 Å². The highest BCUT2D eigenvalue weighted by molar-refractivity contribution is 14.0. The van der Waals surface area contributed by atoms with E-state index in [4.69, 9.17) is 9.73 Å². The summed E-state index contributed by atoms with van der Waals surface area (Å²) in [5, 5.41) is 9.91. The number of aliphatic imine (C=N–C) groups is 1. The summed E-state index contributed by atoms with van der Waals surface area (Å²) in [4.78, 5) is 18.9. The van der Waals surface area contributed by atoms with Crippen molar-refractivity contribution in [3.63, 3.8) is 0 Å². The van der Waals surface area contributed by atoms with Crippen molar-refractivity contribution in [3.05, 3.63) is 29.3 Å². The van der Waals surface area contributed by atoms with E-state index < -0.39 is 0 Å². The molecule has 3 N–H and O–H groups in total. The summed E-state index contributed by atoms with van der Waals surface area (Å²) < 4.78 is 5.59. The Bertz CT molecular complexity index is 720. The molecule has 8 heteroatoms. The number of nitrogens with one attached hydrogen (secondary N) is 3. The fourth-order valence-electron chi connectivity index (χ4n) is 3.96. The molecule has 0 aromatic heterocycles. The molecule has 1 aromatic rings. The van der Waals surface area contributed by atoms with E-state index in [0.717, 1.165) is 83.1 Å². The molecule has 0 bridgehead atoms. The van der Waals surface area contributed by atoms with Crippen LogP contribution in [-0.2, 0) is 17.6 Å². The molecule has 7 nitrogen and oxygen atoms in total. The van der Waals surface area contributed by atoms with Crippen LogP contribution in [-0.4, -0.2) is 68.7 Å². The van der Waals surface area contributed by atoms with Gasteiger partial charge in [-0.2, -0.15) is 0 Å². The minimum Gasteiger partial charge on any atom is -0.493 e. The number of ether oxygens (including phenoxy) is 1. The number of nitrogens with zero attached hydrogens (tertiary/aromatic N) is 2. The van der Waals surface area contributed by atoms with Crippen LogP contribution in [0.15, 0.2) is 23.2 Å². The van der Waals surface area contributed by atoms with Crippen LogP contribution in [0.1, 0.15) is 44.2 Å². The van der Waals surface area contributed by atoms with E-state index >= 15 is 0 Å². The topological polar surface area (TPSA) is 78.0 Å². The first-order valence-electron chi connectivity index (χ1n) is 11.5. The molecule has 0 spiro atoms. The molecule has 2 heterocycles. The maximum atomic E-state index is 11.9. The molecule has 0 radical (unpaired) electrons. The molecular weight excluding hydrogens is 505 g/mol. The second kappa shape index (κ2) is 13.8. The van der Waals surface area contributed by atoms with Crippen LogP contribution in [0.5, 0.6) is 5.75 Å². The lowest BCUT2D eigenvalue weighted by molar-refractivity contribution is -0.122. The second-order valence-corrected chi connectivity index (χ2v) is 8.10. The molecule has 1 saturated heterocycles. The molecular formula is C23H38IN5O2. The highest BCUT2D eigenvalue weighted by Crippen LogP contribution is 2.25. The lowest BCUT2D eigenvalue weighted by Gasteiger charge is -2.32. The van der Waals surface area contributed by atoms with Gasteiger partial charge in [0.2, 0.25) is 5.91 Å². The number of benzene rings is 1. The number of rotatable bonds is 9. The average Bonchev–Trinajstić information content (AvgIpc) is 3.22. The molecule has 0 saturated carbocycles. The van der Waals surface area contributed by atoms with Gasteiger partial charge in [-0.15, -0.1) is 24.0 Å². The van der Waals surface area contributed by atoms with E-state index in [1.165, 1.54) is 11.1 Å². The van der Waals surface area contributed by atoms with Crippen LogP contribution in [0.25, 0.3) is 0 Å². The first kappa shape index (κ1) is 25.7. The quantitative estimate of drug-likeness (QED) is 0.253. The van der Waals surface area contributed by atoms with Gasteiger partial charge in [0.25, 0.3) is 0 Å². The molecule has 0 atom stereocenters. The monoisotopic (exact) mass is 543 g/mol. The molecule has 31 heavy (non-hydrogen) atoms. The number of hydrogen-bond acceptors (Lipinski definition) is 4.